The molecule has 0 saturated heterocycles. The molecule has 0 aromatic heterocycles. The minimum atomic E-state index is -0.545. The fourth-order valence-electron chi connectivity index (χ4n) is 2.71. The second-order valence-corrected chi connectivity index (χ2v) is 5.81. The molecular formula is C22H24O6. The van der Waals surface area contributed by atoms with Crippen molar-refractivity contribution in [1.82, 2.24) is 0 Å². The Labute approximate surface area is 164 Å². The first-order valence-corrected chi connectivity index (χ1v) is 8.48. The summed E-state index contributed by atoms with van der Waals surface area (Å²) in [5.74, 6) is 1.77. The molecule has 0 aliphatic heterocycles. The van der Waals surface area contributed by atoms with Crippen molar-refractivity contribution in [2.45, 2.75) is 0 Å². The summed E-state index contributed by atoms with van der Waals surface area (Å²) < 4.78 is 21.5. The molecule has 0 heterocycles. The first kappa shape index (κ1) is 21.1. The van der Waals surface area contributed by atoms with E-state index in [-0.39, 0.29) is 0 Å². The Kier molecular flexibility index (Phi) is 7.23. The van der Waals surface area contributed by atoms with E-state index in [2.05, 4.69) is 6.58 Å². The standard InChI is InChI=1S/C22H24O6/c1-14(17-11-20(26-3)22(28-5)21(12-17)27-4)15-7-9-19(25-2)16(10-15)6-8-18(24)13-23/h6-12,23H,1,13H2,2-5H3/b8-6+. The number of benzene rings is 2. The van der Waals surface area contributed by atoms with Crippen molar-refractivity contribution in [3.63, 3.8) is 0 Å². The maximum absolute atomic E-state index is 11.4. The lowest BCUT2D eigenvalue weighted by Gasteiger charge is -2.16. The predicted molar refractivity (Wildman–Crippen MR) is 108 cm³/mol. The lowest BCUT2D eigenvalue weighted by Crippen LogP contribution is -1.99. The molecule has 2 aromatic carbocycles. The Morgan fingerprint density at radius 2 is 1.54 bits per heavy atom. The van der Waals surface area contributed by atoms with Crippen LogP contribution in [-0.2, 0) is 4.79 Å². The van der Waals surface area contributed by atoms with Crippen LogP contribution in [0.2, 0.25) is 0 Å². The zero-order chi connectivity index (χ0) is 20.7. The Hall–Kier alpha value is -3.25. The highest BCUT2D eigenvalue weighted by Crippen LogP contribution is 2.41. The van der Waals surface area contributed by atoms with Crippen molar-refractivity contribution in [1.29, 1.82) is 0 Å². The van der Waals surface area contributed by atoms with E-state index in [0.29, 0.717) is 28.6 Å². The molecular weight excluding hydrogens is 360 g/mol. The number of aliphatic hydroxyl groups excluding tert-OH is 1. The number of rotatable bonds is 9. The lowest BCUT2D eigenvalue weighted by molar-refractivity contribution is -0.117. The average Bonchev–Trinajstić information content (AvgIpc) is 2.75. The van der Waals surface area contributed by atoms with Gasteiger partial charge >= 0.3 is 0 Å². The summed E-state index contributed by atoms with van der Waals surface area (Å²) in [6, 6.07) is 9.15. The third-order valence-corrected chi connectivity index (χ3v) is 4.20. The van der Waals surface area contributed by atoms with Crippen molar-refractivity contribution < 1.29 is 28.8 Å². The number of ketones is 1. The Balaban J connectivity index is 2.49. The number of ether oxygens (including phenoxy) is 4. The largest absolute Gasteiger partial charge is 0.496 e. The minimum absolute atomic E-state index is 0.393. The fourth-order valence-corrected chi connectivity index (χ4v) is 2.71. The van der Waals surface area contributed by atoms with Crippen LogP contribution in [0.1, 0.15) is 16.7 Å². The highest BCUT2D eigenvalue weighted by Gasteiger charge is 2.16. The smallest absolute Gasteiger partial charge is 0.203 e. The summed E-state index contributed by atoms with van der Waals surface area (Å²) in [7, 11) is 6.20. The Morgan fingerprint density at radius 3 is 2.04 bits per heavy atom. The van der Waals surface area contributed by atoms with Crippen LogP contribution in [0, 0.1) is 0 Å². The van der Waals surface area contributed by atoms with Gasteiger partial charge in [0.25, 0.3) is 0 Å². The molecule has 0 amide bonds. The highest BCUT2D eigenvalue weighted by molar-refractivity contribution is 5.95. The molecule has 0 bridgehead atoms. The molecule has 0 aliphatic rings. The van der Waals surface area contributed by atoms with E-state index >= 15 is 0 Å². The molecule has 2 aromatic rings. The van der Waals surface area contributed by atoms with Gasteiger partial charge in [0.2, 0.25) is 5.75 Å². The fraction of sp³-hybridized carbons (Fsp3) is 0.227. The number of aliphatic hydroxyl groups is 1. The molecule has 0 radical (unpaired) electrons. The Morgan fingerprint density at radius 1 is 0.929 bits per heavy atom. The summed E-state index contributed by atoms with van der Waals surface area (Å²) >= 11 is 0. The predicted octanol–water partition coefficient (Wildman–Crippen LogP) is 3.36. The first-order chi connectivity index (χ1) is 13.5. The minimum Gasteiger partial charge on any atom is -0.496 e. The van der Waals surface area contributed by atoms with Crippen molar-refractivity contribution >= 4 is 17.4 Å². The van der Waals surface area contributed by atoms with E-state index in [1.165, 1.54) is 6.08 Å². The van der Waals surface area contributed by atoms with Crippen LogP contribution in [0.25, 0.3) is 11.6 Å². The number of carbonyl (C=O) groups excluding carboxylic acids is 1. The lowest BCUT2D eigenvalue weighted by atomic mass is 9.96. The molecule has 148 valence electrons. The second-order valence-electron chi connectivity index (χ2n) is 5.81. The van der Waals surface area contributed by atoms with Gasteiger partial charge in [-0.3, -0.25) is 4.79 Å². The van der Waals surface area contributed by atoms with E-state index in [4.69, 9.17) is 24.1 Å². The highest BCUT2D eigenvalue weighted by atomic mass is 16.5. The van der Waals surface area contributed by atoms with Gasteiger partial charge in [0.1, 0.15) is 12.4 Å². The Bertz CT molecular complexity index is 873. The molecule has 1 N–H and O–H groups in total. The van der Waals surface area contributed by atoms with Crippen LogP contribution in [-0.4, -0.2) is 45.9 Å². The SMILES string of the molecule is C=C(c1ccc(OC)c(/C=C/C(=O)CO)c1)c1cc(OC)c(OC)c(OC)c1. The summed E-state index contributed by atoms with van der Waals surface area (Å²) in [6.45, 7) is 3.64. The normalized spacial score (nSPS) is 10.6. The third kappa shape index (κ3) is 4.53. The number of methoxy groups -OCH3 is 4. The molecule has 6 nitrogen and oxygen atoms in total. The van der Waals surface area contributed by atoms with Gasteiger partial charge in [-0.15, -0.1) is 0 Å². The van der Waals surface area contributed by atoms with Gasteiger partial charge in [-0.05, 0) is 53.1 Å². The molecule has 0 spiro atoms. The van der Waals surface area contributed by atoms with Crippen LogP contribution in [0.3, 0.4) is 0 Å². The maximum Gasteiger partial charge on any atom is 0.203 e. The van der Waals surface area contributed by atoms with Crippen molar-refractivity contribution in [2.24, 2.45) is 0 Å². The van der Waals surface area contributed by atoms with Crippen molar-refractivity contribution in [3.05, 3.63) is 59.7 Å². The zero-order valence-corrected chi connectivity index (χ0v) is 16.4. The van der Waals surface area contributed by atoms with Crippen molar-refractivity contribution in [2.75, 3.05) is 35.0 Å². The first-order valence-electron chi connectivity index (χ1n) is 8.48. The number of carbonyl (C=O) groups is 1. The van der Waals surface area contributed by atoms with Crippen LogP contribution in [0.4, 0.5) is 0 Å². The summed E-state index contributed by atoms with van der Waals surface area (Å²) in [5.41, 5.74) is 3.03. The van der Waals surface area contributed by atoms with E-state index in [1.54, 1.807) is 40.6 Å². The summed E-state index contributed by atoms with van der Waals surface area (Å²) in [5, 5.41) is 8.89. The molecule has 0 fully saturated rings. The van der Waals surface area contributed by atoms with Crippen LogP contribution < -0.4 is 18.9 Å². The molecule has 2 rings (SSSR count). The van der Waals surface area contributed by atoms with Gasteiger partial charge in [-0.25, -0.2) is 0 Å². The van der Waals surface area contributed by atoms with Crippen LogP contribution in [0.15, 0.2) is 43.0 Å². The van der Waals surface area contributed by atoms with E-state index in [9.17, 15) is 4.79 Å². The zero-order valence-electron chi connectivity index (χ0n) is 16.4. The molecule has 0 unspecified atom stereocenters. The van der Waals surface area contributed by atoms with E-state index < -0.39 is 12.4 Å². The van der Waals surface area contributed by atoms with Gasteiger partial charge < -0.3 is 24.1 Å². The molecule has 0 saturated carbocycles. The second kappa shape index (κ2) is 9.62. The van der Waals surface area contributed by atoms with Gasteiger partial charge in [0, 0.05) is 5.56 Å². The molecule has 6 heteroatoms. The van der Waals surface area contributed by atoms with Crippen molar-refractivity contribution in [3.8, 4) is 23.0 Å². The number of hydrogen-bond acceptors (Lipinski definition) is 6. The quantitative estimate of drug-likeness (QED) is 0.669. The van der Waals surface area contributed by atoms with Gasteiger partial charge in [-0.2, -0.15) is 0 Å². The number of hydrogen-bond donors (Lipinski definition) is 1. The van der Waals surface area contributed by atoms with Crippen LogP contribution >= 0.6 is 0 Å². The monoisotopic (exact) mass is 384 g/mol. The molecule has 28 heavy (non-hydrogen) atoms. The van der Waals surface area contributed by atoms with Gasteiger partial charge in [-0.1, -0.05) is 12.6 Å². The molecule has 0 atom stereocenters. The average molecular weight is 384 g/mol. The van der Waals surface area contributed by atoms with Crippen LogP contribution in [0.5, 0.6) is 23.0 Å². The topological polar surface area (TPSA) is 74.2 Å². The van der Waals surface area contributed by atoms with Gasteiger partial charge in [0.15, 0.2) is 17.3 Å². The summed E-state index contributed by atoms with van der Waals surface area (Å²) in [6.07, 6.45) is 2.91. The van der Waals surface area contributed by atoms with E-state index in [0.717, 1.165) is 16.7 Å². The third-order valence-electron chi connectivity index (χ3n) is 4.20. The van der Waals surface area contributed by atoms with E-state index in [1.807, 2.05) is 24.3 Å². The molecule has 0 aliphatic carbocycles. The van der Waals surface area contributed by atoms with Gasteiger partial charge in [0.05, 0.1) is 28.4 Å². The maximum atomic E-state index is 11.4. The summed E-state index contributed by atoms with van der Waals surface area (Å²) in [4.78, 5) is 11.4.